The summed E-state index contributed by atoms with van der Waals surface area (Å²) < 4.78 is 19.8. The molecule has 0 unspecified atom stereocenters. The van der Waals surface area contributed by atoms with Crippen molar-refractivity contribution in [3.63, 3.8) is 0 Å². The highest BCUT2D eigenvalue weighted by molar-refractivity contribution is 7.81. The van der Waals surface area contributed by atoms with Gasteiger partial charge in [0, 0.05) is 12.3 Å². The average Bonchev–Trinajstić information content (AvgIpc) is 2.52. The number of hydrogen-bond acceptors (Lipinski definition) is 6. The molecule has 0 aromatic carbocycles. The van der Waals surface area contributed by atoms with E-state index in [0.29, 0.717) is 4.57 Å². The lowest BCUT2D eigenvalue weighted by atomic mass is 10.1. The number of aromatic amines is 1. The molecule has 1 aliphatic heterocycles. The van der Waals surface area contributed by atoms with Crippen LogP contribution in [0.5, 0.6) is 0 Å². The third kappa shape index (κ3) is 1.99. The molecule has 2 rings (SSSR count). The first-order valence-electron chi connectivity index (χ1n) is 5.05. The van der Waals surface area contributed by atoms with Gasteiger partial charge in [0.25, 0.3) is 11.4 Å². The Morgan fingerprint density at radius 3 is 2.78 bits per heavy atom. The minimum atomic E-state index is -2.95. The third-order valence-electron chi connectivity index (χ3n) is 2.70. The summed E-state index contributed by atoms with van der Waals surface area (Å²) in [5, 5.41) is 17.3. The van der Waals surface area contributed by atoms with Crippen LogP contribution in [-0.4, -0.2) is 43.6 Å². The second-order valence-corrected chi connectivity index (χ2v) is 4.46. The molecule has 1 aliphatic rings. The van der Waals surface area contributed by atoms with Crippen molar-refractivity contribution in [1.82, 2.24) is 9.55 Å². The van der Waals surface area contributed by atoms with Gasteiger partial charge in [0.05, 0.1) is 11.9 Å². The molecule has 0 spiro atoms. The Balaban J connectivity index is 2.45. The van der Waals surface area contributed by atoms with Crippen LogP contribution in [0.4, 0.5) is 4.39 Å². The number of halogens is 1. The predicted molar refractivity (Wildman–Crippen MR) is 61.2 cm³/mol. The first-order chi connectivity index (χ1) is 8.37. The molecule has 0 radical (unpaired) electrons. The van der Waals surface area contributed by atoms with E-state index in [2.05, 4.69) is 12.6 Å². The number of H-pyrrole nitrogens is 1. The van der Waals surface area contributed by atoms with Crippen LogP contribution in [0.15, 0.2) is 21.9 Å². The molecule has 0 amide bonds. The van der Waals surface area contributed by atoms with Crippen LogP contribution in [0.3, 0.4) is 0 Å². The van der Waals surface area contributed by atoms with Gasteiger partial charge < -0.3 is 14.9 Å². The van der Waals surface area contributed by atoms with Crippen LogP contribution < -0.4 is 11.2 Å². The number of aliphatic hydroxyl groups excluding tert-OH is 1. The lowest BCUT2D eigenvalue weighted by molar-refractivity contribution is -0.167. The van der Waals surface area contributed by atoms with Gasteiger partial charge in [-0.2, -0.15) is 12.6 Å². The maximum atomic E-state index is 14.1. The fourth-order valence-electron chi connectivity index (χ4n) is 1.76. The van der Waals surface area contributed by atoms with E-state index < -0.39 is 41.3 Å². The summed E-state index contributed by atoms with van der Waals surface area (Å²) in [6.45, 7) is -0.561. The summed E-state index contributed by atoms with van der Waals surface area (Å²) in [4.78, 5) is 24.3. The highest BCUT2D eigenvalue weighted by atomic mass is 32.1. The molecular weight excluding hydrogens is 267 g/mol. The molecular formula is C9H11FN2O5S. The molecule has 1 aromatic rings. The third-order valence-corrected chi connectivity index (χ3v) is 3.40. The highest BCUT2D eigenvalue weighted by Crippen LogP contribution is 2.41. The number of nitrogens with one attached hydrogen (secondary N) is 1. The van der Waals surface area contributed by atoms with E-state index in [-0.39, 0.29) is 0 Å². The van der Waals surface area contributed by atoms with E-state index in [1.165, 1.54) is 0 Å². The first-order valence-corrected chi connectivity index (χ1v) is 5.56. The monoisotopic (exact) mass is 278 g/mol. The molecule has 1 saturated heterocycles. The Morgan fingerprint density at radius 1 is 1.61 bits per heavy atom. The van der Waals surface area contributed by atoms with Gasteiger partial charge in [-0.05, 0) is 0 Å². The minimum absolute atomic E-state index is 0.561. The summed E-state index contributed by atoms with van der Waals surface area (Å²) in [5.74, 6) is -2.95. The molecule has 7 nitrogen and oxygen atoms in total. The second kappa shape index (κ2) is 4.50. The van der Waals surface area contributed by atoms with E-state index in [4.69, 9.17) is 9.84 Å². The Hall–Kier alpha value is -1.16. The van der Waals surface area contributed by atoms with Crippen molar-refractivity contribution in [3.05, 3.63) is 33.1 Å². The van der Waals surface area contributed by atoms with Crippen molar-refractivity contribution >= 4 is 12.6 Å². The minimum Gasteiger partial charge on any atom is -0.394 e. The molecule has 0 saturated carbocycles. The van der Waals surface area contributed by atoms with Crippen molar-refractivity contribution in [2.75, 3.05) is 6.61 Å². The normalized spacial score (nSPS) is 35.9. The maximum absolute atomic E-state index is 14.1. The van der Waals surface area contributed by atoms with Crippen LogP contribution in [0, 0.1) is 0 Å². The van der Waals surface area contributed by atoms with Crippen molar-refractivity contribution < 1.29 is 19.3 Å². The number of thiol groups is 1. The van der Waals surface area contributed by atoms with Gasteiger partial charge in [0.2, 0.25) is 0 Å². The van der Waals surface area contributed by atoms with Crippen LogP contribution in [0.25, 0.3) is 0 Å². The number of aromatic nitrogens is 2. The van der Waals surface area contributed by atoms with Gasteiger partial charge in [-0.1, -0.05) is 0 Å². The number of ether oxygens (including phenoxy) is 1. The van der Waals surface area contributed by atoms with Gasteiger partial charge in [-0.3, -0.25) is 14.3 Å². The summed E-state index contributed by atoms with van der Waals surface area (Å²) in [5.41, 5.74) is -1.58. The number of nitrogens with zero attached hydrogens (tertiary/aromatic N) is 1. The fraction of sp³-hybridized carbons (Fsp3) is 0.556. The topological polar surface area (TPSA) is 105 Å². The number of alkyl halides is 1. The predicted octanol–water partition coefficient (Wildman–Crippen LogP) is -1.62. The largest absolute Gasteiger partial charge is 0.394 e. The maximum Gasteiger partial charge on any atom is 0.330 e. The van der Waals surface area contributed by atoms with Crippen molar-refractivity contribution in [2.24, 2.45) is 0 Å². The molecule has 0 bridgehead atoms. The number of aliphatic hydroxyl groups is 2. The summed E-state index contributed by atoms with van der Waals surface area (Å²) in [6, 6.07) is 0.987. The summed E-state index contributed by atoms with van der Waals surface area (Å²) in [7, 11) is 0. The molecule has 18 heavy (non-hydrogen) atoms. The van der Waals surface area contributed by atoms with Crippen LogP contribution in [0.1, 0.15) is 6.23 Å². The van der Waals surface area contributed by atoms with Crippen LogP contribution >= 0.6 is 12.6 Å². The van der Waals surface area contributed by atoms with Gasteiger partial charge in [0.1, 0.15) is 6.10 Å². The molecule has 1 aromatic heterocycles. The average molecular weight is 278 g/mol. The zero-order valence-corrected chi connectivity index (χ0v) is 9.88. The molecule has 9 heteroatoms. The Bertz CT molecular complexity index is 556. The van der Waals surface area contributed by atoms with Gasteiger partial charge in [-0.25, -0.2) is 9.18 Å². The Labute approximate surface area is 105 Å². The SMILES string of the molecule is O=c1ccn([C@@H]2O[C@H](CO)[C@@H](S)[C@]2(O)F)c(=O)[nH]1. The Kier molecular flexibility index (Phi) is 3.32. The molecule has 3 N–H and O–H groups in total. The van der Waals surface area contributed by atoms with Gasteiger partial charge >= 0.3 is 5.69 Å². The van der Waals surface area contributed by atoms with Crippen LogP contribution in [0.2, 0.25) is 0 Å². The first kappa shape index (κ1) is 13.3. The zero-order valence-electron chi connectivity index (χ0n) is 8.99. The quantitative estimate of drug-likeness (QED) is 0.487. The molecule has 4 atom stereocenters. The lowest BCUT2D eigenvalue weighted by Crippen LogP contribution is -2.43. The van der Waals surface area contributed by atoms with E-state index >= 15 is 0 Å². The fourth-order valence-corrected chi connectivity index (χ4v) is 2.05. The standard InChI is InChI=1S/C9H11FN2O5S/c10-9(16)6(18)4(3-13)17-7(9)12-2-1-5(14)11-8(12)15/h1-2,4,6-7,13,16,18H,3H2,(H,11,14,15)/t4-,6-,7-,9-/m1/s1. The van der Waals surface area contributed by atoms with Gasteiger partial charge in [-0.15, -0.1) is 0 Å². The zero-order chi connectivity index (χ0) is 13.5. The molecule has 100 valence electrons. The lowest BCUT2D eigenvalue weighted by Gasteiger charge is -2.23. The van der Waals surface area contributed by atoms with Gasteiger partial charge in [0.15, 0.2) is 6.23 Å². The molecule has 2 heterocycles. The summed E-state index contributed by atoms with van der Waals surface area (Å²) in [6.07, 6.45) is -1.75. The molecule has 0 aliphatic carbocycles. The van der Waals surface area contributed by atoms with Crippen LogP contribution in [-0.2, 0) is 4.74 Å². The number of rotatable bonds is 2. The smallest absolute Gasteiger partial charge is 0.330 e. The highest BCUT2D eigenvalue weighted by Gasteiger charge is 2.56. The van der Waals surface area contributed by atoms with E-state index in [9.17, 15) is 19.1 Å². The van der Waals surface area contributed by atoms with E-state index in [0.717, 1.165) is 12.3 Å². The second-order valence-electron chi connectivity index (χ2n) is 3.90. The number of hydrogen-bond donors (Lipinski definition) is 4. The van der Waals surface area contributed by atoms with Crippen molar-refractivity contribution in [3.8, 4) is 0 Å². The van der Waals surface area contributed by atoms with Crippen molar-refractivity contribution in [1.29, 1.82) is 0 Å². The summed E-state index contributed by atoms with van der Waals surface area (Å²) >= 11 is 3.81. The van der Waals surface area contributed by atoms with Crippen molar-refractivity contribution in [2.45, 2.75) is 23.4 Å². The van der Waals surface area contributed by atoms with E-state index in [1.807, 2.05) is 4.98 Å². The molecule has 1 fully saturated rings. The van der Waals surface area contributed by atoms with E-state index in [1.54, 1.807) is 0 Å². The Morgan fingerprint density at radius 2 is 2.28 bits per heavy atom.